The number of hydrogen-bond acceptors (Lipinski definition) is 2. The second kappa shape index (κ2) is 7.02. The molecule has 0 atom stereocenters. The molecule has 0 unspecified atom stereocenters. The van der Waals surface area contributed by atoms with Crippen LogP contribution in [0.3, 0.4) is 0 Å². The van der Waals surface area contributed by atoms with Crippen LogP contribution in [-0.2, 0) is 0 Å². The molecule has 1 aliphatic heterocycles. The molecule has 0 amide bonds. The van der Waals surface area contributed by atoms with Crippen LogP contribution in [0.5, 0.6) is 0 Å². The van der Waals surface area contributed by atoms with Gasteiger partial charge in [0.1, 0.15) is 0 Å². The fourth-order valence-corrected chi connectivity index (χ4v) is 2.01. The molecule has 1 heterocycles. The molecule has 15 heavy (non-hydrogen) atoms. The van der Waals surface area contributed by atoms with Gasteiger partial charge in [0, 0.05) is 19.1 Å². The van der Waals surface area contributed by atoms with E-state index in [4.69, 9.17) is 0 Å². The first kappa shape index (κ1) is 12.7. The zero-order valence-electron chi connectivity index (χ0n) is 10.4. The molecule has 2 heteroatoms. The molecule has 1 fully saturated rings. The van der Waals surface area contributed by atoms with Crippen LogP contribution in [0.15, 0.2) is 12.2 Å². The van der Waals surface area contributed by atoms with Gasteiger partial charge in [-0.05, 0) is 31.5 Å². The van der Waals surface area contributed by atoms with Gasteiger partial charge in [0.15, 0.2) is 0 Å². The number of nitrogens with one attached hydrogen (secondary N) is 1. The lowest BCUT2D eigenvalue weighted by Crippen LogP contribution is -2.32. The molecular formula is C13H26N2. The number of nitrogens with zero attached hydrogens (tertiary/aromatic N) is 1. The van der Waals surface area contributed by atoms with Gasteiger partial charge in [-0.1, -0.05) is 33.3 Å². The van der Waals surface area contributed by atoms with Crippen LogP contribution in [0, 0.1) is 0 Å². The normalized spacial score (nSPS) is 19.1. The van der Waals surface area contributed by atoms with Gasteiger partial charge in [0.25, 0.3) is 0 Å². The molecule has 2 nitrogen and oxygen atoms in total. The molecule has 88 valence electrons. The molecule has 1 saturated heterocycles. The lowest BCUT2D eigenvalue weighted by atomic mass is 10.2. The predicted molar refractivity (Wildman–Crippen MR) is 67.2 cm³/mol. The fourth-order valence-electron chi connectivity index (χ4n) is 2.01. The Morgan fingerprint density at radius 2 is 1.80 bits per heavy atom. The van der Waals surface area contributed by atoms with Crippen LogP contribution in [0.25, 0.3) is 0 Å². The molecule has 0 aromatic carbocycles. The summed E-state index contributed by atoms with van der Waals surface area (Å²) in [6, 6.07) is 0.561. The van der Waals surface area contributed by atoms with Crippen molar-refractivity contribution in [2.75, 3.05) is 26.2 Å². The minimum atomic E-state index is 0.561. The smallest absolute Gasteiger partial charge is 0.0202 e. The Kier molecular flexibility index (Phi) is 5.96. The molecule has 0 aliphatic carbocycles. The van der Waals surface area contributed by atoms with Gasteiger partial charge in [-0.3, -0.25) is 4.90 Å². The van der Waals surface area contributed by atoms with Gasteiger partial charge in [0.05, 0.1) is 0 Å². The van der Waals surface area contributed by atoms with Crippen LogP contribution < -0.4 is 5.32 Å². The fraction of sp³-hybridized carbons (Fsp3) is 0.846. The zero-order valence-corrected chi connectivity index (χ0v) is 10.4. The van der Waals surface area contributed by atoms with Crippen LogP contribution in [0.2, 0.25) is 0 Å². The molecular weight excluding hydrogens is 184 g/mol. The number of likely N-dealkylation sites (tertiary alicyclic amines) is 1. The van der Waals surface area contributed by atoms with Crippen molar-refractivity contribution in [1.82, 2.24) is 10.2 Å². The highest BCUT2D eigenvalue weighted by molar-refractivity contribution is 5.00. The highest BCUT2D eigenvalue weighted by Crippen LogP contribution is 2.10. The maximum atomic E-state index is 4.15. The lowest BCUT2D eigenvalue weighted by Gasteiger charge is -2.21. The summed E-state index contributed by atoms with van der Waals surface area (Å²) in [4.78, 5) is 2.55. The van der Waals surface area contributed by atoms with E-state index in [-0.39, 0.29) is 0 Å². The maximum absolute atomic E-state index is 4.15. The van der Waals surface area contributed by atoms with E-state index in [1.165, 1.54) is 44.3 Å². The summed E-state index contributed by atoms with van der Waals surface area (Å²) in [5, 5.41) is 3.42. The monoisotopic (exact) mass is 210 g/mol. The molecule has 0 aromatic heterocycles. The summed E-state index contributed by atoms with van der Waals surface area (Å²) in [6.07, 6.45) is 5.55. The average molecular weight is 210 g/mol. The minimum Gasteiger partial charge on any atom is -0.311 e. The van der Waals surface area contributed by atoms with Gasteiger partial charge >= 0.3 is 0 Å². The first-order valence-electron chi connectivity index (χ1n) is 6.31. The molecule has 0 aromatic rings. The Morgan fingerprint density at radius 1 is 1.20 bits per heavy atom. The lowest BCUT2D eigenvalue weighted by molar-refractivity contribution is 0.306. The Hall–Kier alpha value is -0.340. The van der Waals surface area contributed by atoms with E-state index in [1.807, 2.05) is 0 Å². The number of rotatable bonds is 5. The van der Waals surface area contributed by atoms with Crippen molar-refractivity contribution in [2.24, 2.45) is 0 Å². The van der Waals surface area contributed by atoms with E-state index in [0.717, 1.165) is 13.1 Å². The molecule has 1 rings (SSSR count). The van der Waals surface area contributed by atoms with Crippen molar-refractivity contribution < 1.29 is 0 Å². The Morgan fingerprint density at radius 3 is 2.33 bits per heavy atom. The summed E-state index contributed by atoms with van der Waals surface area (Å²) in [6.45, 7) is 13.1. The Bertz CT molecular complexity index is 179. The van der Waals surface area contributed by atoms with E-state index in [1.54, 1.807) is 0 Å². The standard InChI is InChI=1S/C13H26N2/c1-12(2)14-10-13(3)11-15-8-6-4-5-7-9-15/h12,14H,3-11H2,1-2H3. The van der Waals surface area contributed by atoms with Crippen molar-refractivity contribution >= 4 is 0 Å². The summed E-state index contributed by atoms with van der Waals surface area (Å²) in [7, 11) is 0. The van der Waals surface area contributed by atoms with E-state index >= 15 is 0 Å². The van der Waals surface area contributed by atoms with E-state index in [0.29, 0.717) is 6.04 Å². The first-order valence-corrected chi connectivity index (χ1v) is 6.31. The van der Waals surface area contributed by atoms with Crippen LogP contribution in [-0.4, -0.2) is 37.1 Å². The van der Waals surface area contributed by atoms with E-state index in [2.05, 4.69) is 30.6 Å². The molecule has 0 bridgehead atoms. The third kappa shape index (κ3) is 5.95. The molecule has 1 aliphatic rings. The number of hydrogen-bond donors (Lipinski definition) is 1. The molecule has 1 N–H and O–H groups in total. The average Bonchev–Trinajstić information content (AvgIpc) is 2.43. The highest BCUT2D eigenvalue weighted by Gasteiger charge is 2.09. The van der Waals surface area contributed by atoms with Gasteiger partial charge in [-0.25, -0.2) is 0 Å². The largest absolute Gasteiger partial charge is 0.311 e. The first-order chi connectivity index (χ1) is 7.18. The second-order valence-corrected chi connectivity index (χ2v) is 4.98. The SMILES string of the molecule is C=C(CNC(C)C)CN1CCCCCC1. The highest BCUT2D eigenvalue weighted by atomic mass is 15.1. The van der Waals surface area contributed by atoms with Gasteiger partial charge in [0.2, 0.25) is 0 Å². The van der Waals surface area contributed by atoms with E-state index < -0.39 is 0 Å². The van der Waals surface area contributed by atoms with Crippen molar-refractivity contribution in [1.29, 1.82) is 0 Å². The van der Waals surface area contributed by atoms with Gasteiger partial charge in [-0.15, -0.1) is 0 Å². The van der Waals surface area contributed by atoms with Gasteiger partial charge in [-0.2, -0.15) is 0 Å². The Balaban J connectivity index is 2.17. The predicted octanol–water partition coefficient (Wildman–Crippen LogP) is 2.42. The summed E-state index contributed by atoms with van der Waals surface area (Å²) < 4.78 is 0. The molecule has 0 radical (unpaired) electrons. The van der Waals surface area contributed by atoms with Crippen molar-refractivity contribution in [2.45, 2.75) is 45.6 Å². The summed E-state index contributed by atoms with van der Waals surface area (Å²) in [5.74, 6) is 0. The summed E-state index contributed by atoms with van der Waals surface area (Å²) >= 11 is 0. The summed E-state index contributed by atoms with van der Waals surface area (Å²) in [5.41, 5.74) is 1.32. The third-order valence-electron chi connectivity index (χ3n) is 2.91. The maximum Gasteiger partial charge on any atom is 0.0202 e. The van der Waals surface area contributed by atoms with Crippen LogP contribution in [0.4, 0.5) is 0 Å². The van der Waals surface area contributed by atoms with Crippen molar-refractivity contribution in [3.8, 4) is 0 Å². The molecule has 0 saturated carbocycles. The minimum absolute atomic E-state index is 0.561. The second-order valence-electron chi connectivity index (χ2n) is 4.98. The van der Waals surface area contributed by atoms with Crippen molar-refractivity contribution in [3.05, 3.63) is 12.2 Å². The van der Waals surface area contributed by atoms with E-state index in [9.17, 15) is 0 Å². The van der Waals surface area contributed by atoms with Gasteiger partial charge < -0.3 is 5.32 Å². The third-order valence-corrected chi connectivity index (χ3v) is 2.91. The zero-order chi connectivity index (χ0) is 11.1. The molecule has 0 spiro atoms. The van der Waals surface area contributed by atoms with Crippen molar-refractivity contribution in [3.63, 3.8) is 0 Å². The van der Waals surface area contributed by atoms with Crippen LogP contribution in [0.1, 0.15) is 39.5 Å². The van der Waals surface area contributed by atoms with Crippen LogP contribution >= 0.6 is 0 Å². The quantitative estimate of drug-likeness (QED) is 0.701. The Labute approximate surface area is 94.7 Å². The topological polar surface area (TPSA) is 15.3 Å².